The zero-order valence-corrected chi connectivity index (χ0v) is 12.7. The van der Waals surface area contributed by atoms with Gasteiger partial charge in [0.25, 0.3) is 0 Å². The number of carbonyl (C=O) groups is 2. The van der Waals surface area contributed by atoms with Gasteiger partial charge in [-0.25, -0.2) is 0 Å². The van der Waals surface area contributed by atoms with Gasteiger partial charge in [0.2, 0.25) is 0 Å². The van der Waals surface area contributed by atoms with E-state index in [9.17, 15) is 30.0 Å². The van der Waals surface area contributed by atoms with Gasteiger partial charge in [-0.05, 0) is 48.2 Å². The van der Waals surface area contributed by atoms with Gasteiger partial charge >= 0.3 is 0 Å². The highest BCUT2D eigenvalue weighted by atomic mass is 16.3. The number of Topliss-reactive ketones (excluding diaryl/α,β-unsaturated/α-hetero) is 2. The Kier molecular flexibility index (Phi) is 3.89. The van der Waals surface area contributed by atoms with Gasteiger partial charge in [-0.3, -0.25) is 9.59 Å². The SMILES string of the molecule is O=C1CCCCC(=O)c2cc(O)c(O)cc2-c2cc(O)c(O)cc21. The van der Waals surface area contributed by atoms with Crippen molar-refractivity contribution in [1.82, 2.24) is 0 Å². The molecule has 4 N–H and O–H groups in total. The van der Waals surface area contributed by atoms with E-state index in [1.807, 2.05) is 0 Å². The first-order chi connectivity index (χ1) is 11.4. The minimum Gasteiger partial charge on any atom is -0.504 e. The molecule has 0 saturated heterocycles. The first-order valence-electron chi connectivity index (χ1n) is 7.57. The van der Waals surface area contributed by atoms with Crippen LogP contribution in [0.15, 0.2) is 24.3 Å². The van der Waals surface area contributed by atoms with E-state index in [-0.39, 0.29) is 46.7 Å². The van der Waals surface area contributed by atoms with Crippen LogP contribution in [0.1, 0.15) is 46.4 Å². The molecule has 0 aliphatic heterocycles. The Hall–Kier alpha value is -3.02. The van der Waals surface area contributed by atoms with Gasteiger partial charge in [0.05, 0.1) is 0 Å². The van der Waals surface area contributed by atoms with Crippen LogP contribution >= 0.6 is 0 Å². The van der Waals surface area contributed by atoms with E-state index in [4.69, 9.17) is 0 Å². The lowest BCUT2D eigenvalue weighted by Gasteiger charge is -2.17. The average Bonchev–Trinajstić information content (AvgIpc) is 2.54. The van der Waals surface area contributed by atoms with Gasteiger partial charge in [0, 0.05) is 24.0 Å². The third kappa shape index (κ3) is 2.67. The van der Waals surface area contributed by atoms with Gasteiger partial charge in [-0.2, -0.15) is 0 Å². The summed E-state index contributed by atoms with van der Waals surface area (Å²) < 4.78 is 0. The normalized spacial score (nSPS) is 14.8. The molecule has 1 aliphatic rings. The topological polar surface area (TPSA) is 115 Å². The van der Waals surface area contributed by atoms with Crippen molar-refractivity contribution in [1.29, 1.82) is 0 Å². The van der Waals surface area contributed by atoms with Crippen molar-refractivity contribution in [3.05, 3.63) is 35.4 Å². The van der Waals surface area contributed by atoms with Crippen LogP contribution in [0.3, 0.4) is 0 Å². The zero-order chi connectivity index (χ0) is 17.4. The number of phenolic OH excluding ortho intramolecular Hbond substituents is 4. The molecule has 0 aromatic heterocycles. The molecule has 3 rings (SSSR count). The lowest BCUT2D eigenvalue weighted by atomic mass is 9.87. The third-order valence-electron chi connectivity index (χ3n) is 4.18. The van der Waals surface area contributed by atoms with Gasteiger partial charge < -0.3 is 20.4 Å². The van der Waals surface area contributed by atoms with E-state index in [0.717, 1.165) is 12.1 Å². The van der Waals surface area contributed by atoms with Gasteiger partial charge in [0.15, 0.2) is 34.6 Å². The first-order valence-corrected chi connectivity index (χ1v) is 7.57. The van der Waals surface area contributed by atoms with Gasteiger partial charge in [-0.15, -0.1) is 0 Å². The fraction of sp³-hybridized carbons (Fsp3) is 0.222. The van der Waals surface area contributed by atoms with Crippen molar-refractivity contribution < 1.29 is 30.0 Å². The summed E-state index contributed by atoms with van der Waals surface area (Å²) in [6.45, 7) is 0. The molecule has 0 bridgehead atoms. The number of phenols is 4. The predicted octanol–water partition coefficient (Wildman–Crippen LogP) is 3.12. The van der Waals surface area contributed by atoms with Crippen molar-refractivity contribution in [2.75, 3.05) is 0 Å². The molecule has 0 atom stereocenters. The molecule has 0 heterocycles. The number of carbonyl (C=O) groups excluding carboxylic acids is 2. The highest BCUT2D eigenvalue weighted by Gasteiger charge is 2.24. The highest BCUT2D eigenvalue weighted by molar-refractivity contribution is 6.09. The molecular weight excluding hydrogens is 312 g/mol. The van der Waals surface area contributed by atoms with Gasteiger partial charge in [0.1, 0.15) is 0 Å². The summed E-state index contributed by atoms with van der Waals surface area (Å²) in [5.41, 5.74) is 0.782. The summed E-state index contributed by atoms with van der Waals surface area (Å²) >= 11 is 0. The summed E-state index contributed by atoms with van der Waals surface area (Å²) in [6.07, 6.45) is 1.46. The maximum absolute atomic E-state index is 12.4. The Labute approximate surface area is 137 Å². The molecule has 2 aromatic carbocycles. The molecule has 2 aromatic rings. The van der Waals surface area contributed by atoms with Crippen molar-refractivity contribution in [2.45, 2.75) is 25.7 Å². The maximum atomic E-state index is 12.4. The summed E-state index contributed by atoms with van der Waals surface area (Å²) in [7, 11) is 0. The van der Waals surface area contributed by atoms with Gasteiger partial charge in [-0.1, -0.05) is 0 Å². The number of hydrogen-bond donors (Lipinski definition) is 4. The summed E-state index contributed by atoms with van der Waals surface area (Å²) in [5.74, 6) is -2.21. The number of fused-ring (bicyclic) bond motifs is 3. The Morgan fingerprint density at radius 3 is 1.17 bits per heavy atom. The standard InChI is InChI=1S/C18H16O6/c19-13-3-1-2-4-14(20)12-8-18(24)16(22)6-10(12)9-5-15(21)17(23)7-11(9)13/h5-8,21-24H,1-4H2. The quantitative estimate of drug-likeness (QED) is 0.552. The number of benzene rings is 2. The molecule has 6 nitrogen and oxygen atoms in total. The monoisotopic (exact) mass is 328 g/mol. The van der Waals surface area contributed by atoms with E-state index in [1.165, 1.54) is 12.1 Å². The maximum Gasteiger partial charge on any atom is 0.163 e. The van der Waals surface area contributed by atoms with Crippen LogP contribution in [0.2, 0.25) is 0 Å². The van der Waals surface area contributed by atoms with Crippen molar-refractivity contribution in [2.24, 2.45) is 0 Å². The fourth-order valence-corrected chi connectivity index (χ4v) is 2.90. The number of ketones is 2. The second-order valence-electron chi connectivity index (χ2n) is 5.83. The van der Waals surface area contributed by atoms with Crippen molar-refractivity contribution in [3.8, 4) is 34.1 Å². The summed E-state index contributed by atoms with van der Waals surface area (Å²) in [5, 5.41) is 39.1. The van der Waals surface area contributed by atoms with Crippen molar-refractivity contribution in [3.63, 3.8) is 0 Å². The van der Waals surface area contributed by atoms with E-state index in [2.05, 4.69) is 0 Å². The van der Waals surface area contributed by atoms with Crippen LogP contribution < -0.4 is 0 Å². The van der Waals surface area contributed by atoms with Crippen molar-refractivity contribution >= 4 is 11.6 Å². The molecule has 0 radical (unpaired) electrons. The smallest absolute Gasteiger partial charge is 0.163 e. The summed E-state index contributed by atoms with van der Waals surface area (Å²) in [6, 6.07) is 4.69. The molecule has 6 heteroatoms. The molecule has 0 amide bonds. The van der Waals surface area contributed by atoms with E-state index in [0.29, 0.717) is 12.8 Å². The number of hydrogen-bond acceptors (Lipinski definition) is 6. The second kappa shape index (κ2) is 5.88. The minimum atomic E-state index is -0.440. The Bertz CT molecular complexity index is 782. The largest absolute Gasteiger partial charge is 0.504 e. The molecule has 124 valence electrons. The zero-order valence-electron chi connectivity index (χ0n) is 12.7. The van der Waals surface area contributed by atoms with Crippen LogP contribution in [0.25, 0.3) is 11.1 Å². The predicted molar refractivity (Wildman–Crippen MR) is 85.7 cm³/mol. The molecular formula is C18H16O6. The van der Waals surface area contributed by atoms with E-state index in [1.54, 1.807) is 0 Å². The van der Waals surface area contributed by atoms with Crippen LogP contribution in [0.5, 0.6) is 23.0 Å². The van der Waals surface area contributed by atoms with Crippen LogP contribution in [-0.2, 0) is 0 Å². The molecule has 0 saturated carbocycles. The second-order valence-corrected chi connectivity index (χ2v) is 5.83. The van der Waals surface area contributed by atoms with E-state index < -0.39 is 23.0 Å². The van der Waals surface area contributed by atoms with Crippen LogP contribution in [0.4, 0.5) is 0 Å². The molecule has 0 unspecified atom stereocenters. The Balaban J connectivity index is 2.36. The van der Waals surface area contributed by atoms with E-state index >= 15 is 0 Å². The summed E-state index contributed by atoms with van der Waals surface area (Å²) in [4.78, 5) is 24.9. The third-order valence-corrected chi connectivity index (χ3v) is 4.18. The lowest BCUT2D eigenvalue weighted by molar-refractivity contribution is 0.0953. The minimum absolute atomic E-state index is 0.159. The molecule has 0 spiro atoms. The lowest BCUT2D eigenvalue weighted by Crippen LogP contribution is -2.08. The van der Waals surface area contributed by atoms with Crippen LogP contribution in [0, 0.1) is 0 Å². The number of rotatable bonds is 0. The fourth-order valence-electron chi connectivity index (χ4n) is 2.90. The molecule has 0 fully saturated rings. The molecule has 1 aliphatic carbocycles. The Morgan fingerprint density at radius 1 is 0.542 bits per heavy atom. The molecule has 24 heavy (non-hydrogen) atoms. The average molecular weight is 328 g/mol. The number of aromatic hydroxyl groups is 4. The van der Waals surface area contributed by atoms with Crippen LogP contribution in [-0.4, -0.2) is 32.0 Å². The Morgan fingerprint density at radius 2 is 0.833 bits per heavy atom. The highest BCUT2D eigenvalue weighted by Crippen LogP contribution is 2.41. The first kappa shape index (κ1) is 15.9.